The Morgan fingerprint density at radius 2 is 2.27 bits per heavy atom. The first-order valence-electron chi connectivity index (χ1n) is 3.53. The van der Waals surface area contributed by atoms with E-state index in [1.807, 2.05) is 0 Å². The van der Waals surface area contributed by atoms with Crippen molar-refractivity contribution in [3.63, 3.8) is 0 Å². The Hall–Kier alpha value is -0.800. The lowest BCUT2D eigenvalue weighted by Crippen LogP contribution is -2.34. The summed E-state index contributed by atoms with van der Waals surface area (Å²) in [5.41, 5.74) is 4.74. The van der Waals surface area contributed by atoms with Crippen molar-refractivity contribution < 1.29 is 9.52 Å². The van der Waals surface area contributed by atoms with E-state index in [2.05, 4.69) is 0 Å². The molecular formula is C8H13NO2. The highest BCUT2D eigenvalue weighted by molar-refractivity contribution is 5.07. The van der Waals surface area contributed by atoms with Crippen LogP contribution in [0.1, 0.15) is 25.6 Å². The first kappa shape index (κ1) is 8.30. The van der Waals surface area contributed by atoms with Crippen molar-refractivity contribution in [1.82, 2.24) is 0 Å². The molecule has 0 aromatic carbocycles. The van der Waals surface area contributed by atoms with Crippen LogP contribution in [0.15, 0.2) is 22.8 Å². The minimum Gasteiger partial charge on any atom is -0.468 e. The molecule has 0 fully saturated rings. The minimum absolute atomic E-state index is 0.461. The highest BCUT2D eigenvalue weighted by Crippen LogP contribution is 2.22. The van der Waals surface area contributed by atoms with Gasteiger partial charge in [0.15, 0.2) is 0 Å². The van der Waals surface area contributed by atoms with Crippen LogP contribution in [0.3, 0.4) is 0 Å². The van der Waals surface area contributed by atoms with Crippen molar-refractivity contribution in [2.45, 2.75) is 25.5 Å². The van der Waals surface area contributed by atoms with Crippen molar-refractivity contribution in [2.75, 3.05) is 0 Å². The number of rotatable bonds is 2. The molecule has 0 aliphatic carbocycles. The van der Waals surface area contributed by atoms with Crippen molar-refractivity contribution in [3.05, 3.63) is 24.2 Å². The van der Waals surface area contributed by atoms with Crippen LogP contribution in [0.5, 0.6) is 0 Å². The molecule has 3 heteroatoms. The smallest absolute Gasteiger partial charge is 0.123 e. The molecule has 0 bridgehead atoms. The van der Waals surface area contributed by atoms with Gasteiger partial charge in [0.2, 0.25) is 0 Å². The van der Waals surface area contributed by atoms with E-state index in [4.69, 9.17) is 10.2 Å². The monoisotopic (exact) mass is 155 g/mol. The van der Waals surface area contributed by atoms with Gasteiger partial charge in [-0.25, -0.2) is 0 Å². The number of nitrogens with two attached hydrogens (primary N) is 1. The van der Waals surface area contributed by atoms with Crippen molar-refractivity contribution >= 4 is 0 Å². The van der Waals surface area contributed by atoms with Gasteiger partial charge in [-0.2, -0.15) is 0 Å². The molecule has 0 aliphatic heterocycles. The molecule has 1 aromatic heterocycles. The van der Waals surface area contributed by atoms with Crippen LogP contribution < -0.4 is 5.73 Å². The number of furan rings is 1. The molecule has 1 aromatic rings. The standard InChI is InChI=1S/C8H13NO2/c1-8(2,10)7(9)6-4-3-5-11-6/h3-5,7,10H,9H2,1-2H3. The van der Waals surface area contributed by atoms with E-state index in [0.29, 0.717) is 5.76 Å². The number of aliphatic hydroxyl groups is 1. The van der Waals surface area contributed by atoms with E-state index >= 15 is 0 Å². The second-order valence-corrected chi connectivity index (χ2v) is 3.15. The molecule has 3 N–H and O–H groups in total. The summed E-state index contributed by atoms with van der Waals surface area (Å²) in [5, 5.41) is 9.47. The zero-order valence-corrected chi connectivity index (χ0v) is 6.74. The Morgan fingerprint density at radius 3 is 2.64 bits per heavy atom. The fourth-order valence-electron chi connectivity index (χ4n) is 0.816. The zero-order valence-electron chi connectivity index (χ0n) is 6.74. The Kier molecular flexibility index (Phi) is 2.02. The summed E-state index contributed by atoms with van der Waals surface area (Å²) >= 11 is 0. The van der Waals surface area contributed by atoms with Gasteiger partial charge in [0.05, 0.1) is 17.9 Å². The van der Waals surface area contributed by atoms with Gasteiger partial charge in [-0.1, -0.05) is 0 Å². The topological polar surface area (TPSA) is 59.4 Å². The van der Waals surface area contributed by atoms with Gasteiger partial charge in [-0.05, 0) is 26.0 Å². The van der Waals surface area contributed by atoms with Crippen LogP contribution in [0.4, 0.5) is 0 Å². The summed E-state index contributed by atoms with van der Waals surface area (Å²) < 4.78 is 5.04. The zero-order chi connectivity index (χ0) is 8.48. The van der Waals surface area contributed by atoms with Crippen molar-refractivity contribution in [1.29, 1.82) is 0 Å². The Balaban J connectivity index is 2.78. The van der Waals surface area contributed by atoms with Gasteiger partial charge in [-0.15, -0.1) is 0 Å². The lowest BCUT2D eigenvalue weighted by Gasteiger charge is -2.23. The lowest BCUT2D eigenvalue weighted by atomic mass is 9.98. The molecule has 1 heterocycles. The van der Waals surface area contributed by atoms with Gasteiger partial charge in [0, 0.05) is 0 Å². The molecule has 1 atom stereocenters. The van der Waals surface area contributed by atoms with Crippen LogP contribution in [0.2, 0.25) is 0 Å². The maximum atomic E-state index is 9.47. The SMILES string of the molecule is CC(C)(O)C(N)c1ccco1. The Labute approximate surface area is 65.8 Å². The molecule has 0 spiro atoms. The summed E-state index contributed by atoms with van der Waals surface area (Å²) in [6, 6.07) is 3.04. The van der Waals surface area contributed by atoms with Crippen LogP contribution in [-0.4, -0.2) is 10.7 Å². The molecular weight excluding hydrogens is 142 g/mol. The molecule has 11 heavy (non-hydrogen) atoms. The first-order chi connectivity index (χ1) is 5.02. The predicted octanol–water partition coefficient (Wildman–Crippen LogP) is 1.05. The average molecular weight is 155 g/mol. The Morgan fingerprint density at radius 1 is 1.64 bits per heavy atom. The van der Waals surface area contributed by atoms with Gasteiger partial charge in [-0.3, -0.25) is 0 Å². The normalized spacial score (nSPS) is 14.9. The van der Waals surface area contributed by atoms with E-state index < -0.39 is 11.6 Å². The van der Waals surface area contributed by atoms with Gasteiger partial charge in [0.25, 0.3) is 0 Å². The van der Waals surface area contributed by atoms with Crippen molar-refractivity contribution in [2.24, 2.45) is 5.73 Å². The van der Waals surface area contributed by atoms with Crippen molar-refractivity contribution in [3.8, 4) is 0 Å². The fraction of sp³-hybridized carbons (Fsp3) is 0.500. The summed E-state index contributed by atoms with van der Waals surface area (Å²) in [5.74, 6) is 0.609. The summed E-state index contributed by atoms with van der Waals surface area (Å²) in [7, 11) is 0. The molecule has 0 saturated heterocycles. The second-order valence-electron chi connectivity index (χ2n) is 3.15. The summed E-state index contributed by atoms with van der Waals surface area (Å²) in [4.78, 5) is 0. The molecule has 3 nitrogen and oxygen atoms in total. The average Bonchev–Trinajstić information content (AvgIpc) is 2.34. The molecule has 0 aliphatic rings. The molecule has 0 amide bonds. The third-order valence-electron chi connectivity index (χ3n) is 1.61. The highest BCUT2D eigenvalue weighted by Gasteiger charge is 2.26. The lowest BCUT2D eigenvalue weighted by molar-refractivity contribution is 0.0443. The second kappa shape index (κ2) is 2.68. The third-order valence-corrected chi connectivity index (χ3v) is 1.61. The van der Waals surface area contributed by atoms with E-state index in [-0.39, 0.29) is 0 Å². The number of hydrogen-bond acceptors (Lipinski definition) is 3. The fourth-order valence-corrected chi connectivity index (χ4v) is 0.816. The van der Waals surface area contributed by atoms with E-state index in [1.54, 1.807) is 32.2 Å². The summed E-state index contributed by atoms with van der Waals surface area (Å²) in [6.45, 7) is 3.31. The third kappa shape index (κ3) is 1.82. The predicted molar refractivity (Wildman–Crippen MR) is 41.9 cm³/mol. The molecule has 0 saturated carbocycles. The Bertz CT molecular complexity index is 210. The molecule has 62 valence electrons. The first-order valence-corrected chi connectivity index (χ1v) is 3.53. The van der Waals surface area contributed by atoms with Gasteiger partial charge < -0.3 is 15.3 Å². The van der Waals surface area contributed by atoms with E-state index in [1.165, 1.54) is 0 Å². The van der Waals surface area contributed by atoms with Crippen LogP contribution in [0.25, 0.3) is 0 Å². The van der Waals surface area contributed by atoms with E-state index in [0.717, 1.165) is 0 Å². The maximum Gasteiger partial charge on any atom is 0.123 e. The summed E-state index contributed by atoms with van der Waals surface area (Å²) in [6.07, 6.45) is 1.54. The van der Waals surface area contributed by atoms with E-state index in [9.17, 15) is 5.11 Å². The van der Waals surface area contributed by atoms with Crippen LogP contribution in [-0.2, 0) is 0 Å². The molecule has 0 radical (unpaired) electrons. The van der Waals surface area contributed by atoms with Gasteiger partial charge >= 0.3 is 0 Å². The minimum atomic E-state index is -0.933. The van der Waals surface area contributed by atoms with Crippen LogP contribution in [0, 0.1) is 0 Å². The maximum absolute atomic E-state index is 9.47. The highest BCUT2D eigenvalue weighted by atomic mass is 16.3. The van der Waals surface area contributed by atoms with Crippen LogP contribution >= 0.6 is 0 Å². The quantitative estimate of drug-likeness (QED) is 0.671. The molecule has 1 rings (SSSR count). The largest absolute Gasteiger partial charge is 0.468 e. The van der Waals surface area contributed by atoms with Gasteiger partial charge in [0.1, 0.15) is 5.76 Å². The molecule has 1 unspecified atom stereocenters. The number of hydrogen-bond donors (Lipinski definition) is 2.